The number of phenolic OH excluding ortho intramolecular Hbond substituents is 2. The van der Waals surface area contributed by atoms with Crippen LogP contribution in [0.25, 0.3) is 0 Å². The molecule has 0 unspecified atom stereocenters. The van der Waals surface area contributed by atoms with Crippen LogP contribution in [-0.2, 0) is 0 Å². The van der Waals surface area contributed by atoms with E-state index in [1.165, 1.54) is 0 Å². The number of nitrogens with two attached hydrogens (primary N) is 1. The number of hydrogen-bond donors (Lipinski definition) is 3. The van der Waals surface area contributed by atoms with Crippen molar-refractivity contribution in [3.63, 3.8) is 0 Å². The van der Waals surface area contributed by atoms with Gasteiger partial charge in [-0.3, -0.25) is 0 Å². The molecule has 1 aromatic carbocycles. The lowest BCUT2D eigenvalue weighted by molar-refractivity contribution is -0.291. The Morgan fingerprint density at radius 3 is 1.71 bits per heavy atom. The normalized spacial score (nSPS) is 14.7. The Morgan fingerprint density at radius 2 is 1.35 bits per heavy atom. The van der Waals surface area contributed by atoms with E-state index in [-0.39, 0.29) is 0 Å². The van der Waals surface area contributed by atoms with Crippen LogP contribution in [0, 0.1) is 0 Å². The van der Waals surface area contributed by atoms with E-state index in [2.05, 4.69) is 0 Å². The van der Waals surface area contributed by atoms with Crippen molar-refractivity contribution in [2.24, 2.45) is 5.73 Å². The van der Waals surface area contributed by atoms with Crippen LogP contribution in [0.15, 0.2) is 18.2 Å². The van der Waals surface area contributed by atoms with E-state index in [0.29, 0.717) is 12.1 Å². The maximum absolute atomic E-state index is 12.9. The zero-order valence-corrected chi connectivity index (χ0v) is 8.17. The quantitative estimate of drug-likeness (QED) is 0.712. The predicted molar refractivity (Wildman–Crippen MR) is 47.7 cm³/mol. The SMILES string of the molecule is N[C@@H](c1cc(O)cc(O)c1)C(F)(F)C(F)(F)F. The van der Waals surface area contributed by atoms with Crippen LogP contribution in [-0.4, -0.2) is 22.3 Å². The number of aromatic hydroxyl groups is 2. The summed E-state index contributed by atoms with van der Waals surface area (Å²) in [5, 5.41) is 17.9. The van der Waals surface area contributed by atoms with E-state index in [1.54, 1.807) is 0 Å². The summed E-state index contributed by atoms with van der Waals surface area (Å²) in [5.41, 5.74) is 4.09. The van der Waals surface area contributed by atoms with Crippen molar-refractivity contribution in [2.75, 3.05) is 0 Å². The topological polar surface area (TPSA) is 66.5 Å². The Labute approximate surface area is 92.3 Å². The van der Waals surface area contributed by atoms with E-state index >= 15 is 0 Å². The molecule has 4 N–H and O–H groups in total. The number of halogens is 5. The second kappa shape index (κ2) is 4.02. The second-order valence-corrected chi connectivity index (χ2v) is 3.38. The molecule has 0 saturated heterocycles. The standard InChI is InChI=1S/C9H8F5NO2/c10-8(11,9(12,13)14)7(15)4-1-5(16)3-6(17)2-4/h1-3,7,16-17H,15H2/t7-/m0/s1. The summed E-state index contributed by atoms with van der Waals surface area (Å²) in [6.45, 7) is 0. The van der Waals surface area contributed by atoms with Crippen LogP contribution in [0.5, 0.6) is 11.5 Å². The highest BCUT2D eigenvalue weighted by molar-refractivity contribution is 5.38. The van der Waals surface area contributed by atoms with Gasteiger partial charge in [-0.15, -0.1) is 0 Å². The molecule has 0 saturated carbocycles. The van der Waals surface area contributed by atoms with Crippen molar-refractivity contribution in [2.45, 2.75) is 18.1 Å². The summed E-state index contributed by atoms with van der Waals surface area (Å²) in [4.78, 5) is 0. The third kappa shape index (κ3) is 2.57. The molecule has 0 aliphatic rings. The Kier molecular flexibility index (Phi) is 3.19. The van der Waals surface area contributed by atoms with Crippen LogP contribution in [0.2, 0.25) is 0 Å². The molecule has 0 fully saturated rings. The van der Waals surface area contributed by atoms with Gasteiger partial charge in [-0.05, 0) is 17.7 Å². The number of benzene rings is 1. The van der Waals surface area contributed by atoms with E-state index in [1.807, 2.05) is 0 Å². The Hall–Kier alpha value is -1.57. The second-order valence-electron chi connectivity index (χ2n) is 3.38. The molecule has 0 aromatic heterocycles. The molecule has 0 radical (unpaired) electrons. The average molecular weight is 257 g/mol. The molecular weight excluding hydrogens is 249 g/mol. The zero-order chi connectivity index (χ0) is 13.4. The van der Waals surface area contributed by atoms with Crippen molar-refractivity contribution < 1.29 is 32.2 Å². The number of phenols is 2. The van der Waals surface area contributed by atoms with Crippen LogP contribution in [0.3, 0.4) is 0 Å². The van der Waals surface area contributed by atoms with Gasteiger partial charge in [-0.2, -0.15) is 22.0 Å². The molecule has 0 aliphatic heterocycles. The first-order valence-corrected chi connectivity index (χ1v) is 4.28. The first kappa shape index (κ1) is 13.5. The molecule has 3 nitrogen and oxygen atoms in total. The number of hydrogen-bond acceptors (Lipinski definition) is 3. The summed E-state index contributed by atoms with van der Waals surface area (Å²) in [7, 11) is 0. The highest BCUT2D eigenvalue weighted by Crippen LogP contribution is 2.44. The molecule has 96 valence electrons. The van der Waals surface area contributed by atoms with Gasteiger partial charge in [0.1, 0.15) is 17.5 Å². The lowest BCUT2D eigenvalue weighted by Gasteiger charge is -2.26. The van der Waals surface area contributed by atoms with E-state index in [4.69, 9.17) is 15.9 Å². The zero-order valence-electron chi connectivity index (χ0n) is 8.17. The molecule has 17 heavy (non-hydrogen) atoms. The van der Waals surface area contributed by atoms with E-state index < -0.39 is 35.2 Å². The van der Waals surface area contributed by atoms with Crippen molar-refractivity contribution >= 4 is 0 Å². The molecule has 0 amide bonds. The van der Waals surface area contributed by atoms with Gasteiger partial charge >= 0.3 is 12.1 Å². The fraction of sp³-hybridized carbons (Fsp3) is 0.333. The first-order chi connectivity index (χ1) is 7.55. The van der Waals surface area contributed by atoms with Gasteiger partial charge in [-0.25, -0.2) is 0 Å². The summed E-state index contributed by atoms with van der Waals surface area (Å²) in [6, 6.07) is -0.670. The molecular formula is C9H8F5NO2. The Morgan fingerprint density at radius 1 is 0.941 bits per heavy atom. The fourth-order valence-electron chi connectivity index (χ4n) is 1.18. The molecule has 1 rings (SSSR count). The van der Waals surface area contributed by atoms with Gasteiger partial charge in [0.25, 0.3) is 0 Å². The van der Waals surface area contributed by atoms with Gasteiger partial charge in [0.05, 0.1) is 0 Å². The average Bonchev–Trinajstić information content (AvgIpc) is 2.13. The molecule has 1 atom stereocenters. The highest BCUT2D eigenvalue weighted by atomic mass is 19.4. The van der Waals surface area contributed by atoms with Crippen molar-refractivity contribution in [1.82, 2.24) is 0 Å². The van der Waals surface area contributed by atoms with Gasteiger partial charge in [0.2, 0.25) is 0 Å². The summed E-state index contributed by atoms with van der Waals surface area (Å²) >= 11 is 0. The maximum Gasteiger partial charge on any atom is 0.455 e. The Balaban J connectivity index is 3.16. The third-order valence-electron chi connectivity index (χ3n) is 2.05. The van der Waals surface area contributed by atoms with Gasteiger partial charge < -0.3 is 15.9 Å². The highest BCUT2D eigenvalue weighted by Gasteiger charge is 2.61. The molecule has 0 heterocycles. The smallest absolute Gasteiger partial charge is 0.455 e. The number of rotatable bonds is 2. The summed E-state index contributed by atoms with van der Waals surface area (Å²) in [6.07, 6.45) is -5.81. The van der Waals surface area contributed by atoms with Crippen LogP contribution >= 0.6 is 0 Å². The molecule has 1 aromatic rings. The van der Waals surface area contributed by atoms with Crippen LogP contribution in [0.4, 0.5) is 22.0 Å². The summed E-state index contributed by atoms with van der Waals surface area (Å²) in [5.74, 6) is -6.48. The monoisotopic (exact) mass is 257 g/mol. The first-order valence-electron chi connectivity index (χ1n) is 4.28. The van der Waals surface area contributed by atoms with E-state index in [9.17, 15) is 22.0 Å². The Bertz CT molecular complexity index is 398. The van der Waals surface area contributed by atoms with Crippen molar-refractivity contribution in [3.05, 3.63) is 23.8 Å². The van der Waals surface area contributed by atoms with Gasteiger partial charge in [0, 0.05) is 6.07 Å². The van der Waals surface area contributed by atoms with E-state index in [0.717, 1.165) is 6.07 Å². The predicted octanol–water partition coefficient (Wildman–Crippen LogP) is 2.30. The maximum atomic E-state index is 12.9. The van der Waals surface area contributed by atoms with Crippen LogP contribution < -0.4 is 5.73 Å². The van der Waals surface area contributed by atoms with Crippen molar-refractivity contribution in [3.8, 4) is 11.5 Å². The summed E-state index contributed by atoms with van der Waals surface area (Å²) < 4.78 is 61.8. The fourth-order valence-corrected chi connectivity index (χ4v) is 1.18. The molecule has 0 bridgehead atoms. The third-order valence-corrected chi connectivity index (χ3v) is 2.05. The largest absolute Gasteiger partial charge is 0.508 e. The minimum Gasteiger partial charge on any atom is -0.508 e. The minimum absolute atomic E-state index is 0.629. The molecule has 8 heteroatoms. The molecule has 0 aliphatic carbocycles. The van der Waals surface area contributed by atoms with Gasteiger partial charge in [0.15, 0.2) is 0 Å². The van der Waals surface area contributed by atoms with Crippen LogP contribution in [0.1, 0.15) is 11.6 Å². The van der Waals surface area contributed by atoms with Gasteiger partial charge in [-0.1, -0.05) is 0 Å². The lowest BCUT2D eigenvalue weighted by atomic mass is 10.0. The molecule has 0 spiro atoms. The van der Waals surface area contributed by atoms with Crippen molar-refractivity contribution in [1.29, 1.82) is 0 Å². The minimum atomic E-state index is -5.81. The lowest BCUT2D eigenvalue weighted by Crippen LogP contribution is -2.45. The number of alkyl halides is 5.